The molecule has 102 valence electrons. The summed E-state index contributed by atoms with van der Waals surface area (Å²) in [5, 5.41) is 0. The van der Waals surface area contributed by atoms with Crippen LogP contribution in [0.25, 0.3) is 6.08 Å². The maximum Gasteiger partial charge on any atom is 0.209 e. The zero-order valence-corrected chi connectivity index (χ0v) is 12.0. The molecule has 3 heteroatoms. The van der Waals surface area contributed by atoms with Crippen molar-refractivity contribution in [3.05, 3.63) is 59.7 Å². The number of benzene rings is 1. The summed E-state index contributed by atoms with van der Waals surface area (Å²) in [6.45, 7) is 5.27. The number of nitrogens with two attached hydrogens (primary N) is 1. The lowest BCUT2D eigenvalue weighted by Crippen LogP contribution is -2.45. The van der Waals surface area contributed by atoms with Gasteiger partial charge in [0, 0.05) is 41.7 Å². The van der Waals surface area contributed by atoms with Gasteiger partial charge in [-0.1, -0.05) is 19.1 Å². The standard InChI is InChI=1S/C17H20N3/c1-3-10-20(15-8-9-19-12-13(15)2)16-7-5-4-6-14(16)11-17(20)18/h4-9,11-12H,3,10,18H2,1-2H3/q+1. The van der Waals surface area contributed by atoms with E-state index in [0.717, 1.165) is 18.8 Å². The van der Waals surface area contributed by atoms with E-state index in [0.29, 0.717) is 4.48 Å². The Hall–Kier alpha value is -2.13. The minimum absolute atomic E-state index is 0.626. The Kier molecular flexibility index (Phi) is 3.07. The van der Waals surface area contributed by atoms with Crippen LogP contribution in [0.5, 0.6) is 0 Å². The first-order valence-corrected chi connectivity index (χ1v) is 7.06. The molecule has 2 N–H and O–H groups in total. The third-order valence-corrected chi connectivity index (χ3v) is 4.05. The quantitative estimate of drug-likeness (QED) is 0.860. The van der Waals surface area contributed by atoms with Crippen molar-refractivity contribution in [2.75, 3.05) is 6.54 Å². The predicted octanol–water partition coefficient (Wildman–Crippen LogP) is 3.71. The monoisotopic (exact) mass is 266 g/mol. The average Bonchev–Trinajstić information content (AvgIpc) is 2.73. The topological polar surface area (TPSA) is 38.9 Å². The summed E-state index contributed by atoms with van der Waals surface area (Å²) in [5.41, 5.74) is 11.3. The van der Waals surface area contributed by atoms with Crippen LogP contribution in [0.3, 0.4) is 0 Å². The molecule has 0 fully saturated rings. The van der Waals surface area contributed by atoms with Gasteiger partial charge in [0.15, 0.2) is 5.69 Å². The van der Waals surface area contributed by atoms with Gasteiger partial charge in [0.05, 0.1) is 6.54 Å². The van der Waals surface area contributed by atoms with E-state index in [1.165, 1.54) is 22.5 Å². The molecule has 2 heterocycles. The number of hydrogen-bond donors (Lipinski definition) is 1. The second-order valence-electron chi connectivity index (χ2n) is 5.32. The number of fused-ring (bicyclic) bond motifs is 1. The summed E-state index contributed by atoms with van der Waals surface area (Å²) in [5.74, 6) is 0.891. The summed E-state index contributed by atoms with van der Waals surface area (Å²) in [6.07, 6.45) is 6.93. The van der Waals surface area contributed by atoms with Crippen molar-refractivity contribution in [1.82, 2.24) is 9.47 Å². The molecule has 1 aromatic heterocycles. The van der Waals surface area contributed by atoms with Crippen LogP contribution in [0.1, 0.15) is 24.5 Å². The van der Waals surface area contributed by atoms with Crippen molar-refractivity contribution in [3.63, 3.8) is 0 Å². The number of aryl methyl sites for hydroxylation is 1. The Labute approximate surface area is 120 Å². The molecule has 1 aliphatic heterocycles. The van der Waals surface area contributed by atoms with Crippen LogP contribution >= 0.6 is 0 Å². The van der Waals surface area contributed by atoms with Gasteiger partial charge in [-0.05, 0) is 19.4 Å². The molecule has 20 heavy (non-hydrogen) atoms. The molecule has 1 atom stereocenters. The van der Waals surface area contributed by atoms with E-state index in [9.17, 15) is 0 Å². The lowest BCUT2D eigenvalue weighted by molar-refractivity contribution is 0.465. The van der Waals surface area contributed by atoms with E-state index in [4.69, 9.17) is 5.73 Å². The third-order valence-electron chi connectivity index (χ3n) is 4.05. The normalized spacial score (nSPS) is 20.6. The first-order chi connectivity index (χ1) is 9.70. The highest BCUT2D eigenvalue weighted by Gasteiger charge is 2.42. The first kappa shape index (κ1) is 12.9. The zero-order valence-electron chi connectivity index (χ0n) is 12.0. The van der Waals surface area contributed by atoms with E-state index in [1.54, 1.807) is 0 Å². The number of quaternary nitrogens is 1. The van der Waals surface area contributed by atoms with Crippen molar-refractivity contribution in [2.45, 2.75) is 20.3 Å². The van der Waals surface area contributed by atoms with Gasteiger partial charge in [-0.3, -0.25) is 4.98 Å². The second kappa shape index (κ2) is 4.76. The van der Waals surface area contributed by atoms with E-state index >= 15 is 0 Å². The average molecular weight is 266 g/mol. The number of aromatic nitrogens is 1. The van der Waals surface area contributed by atoms with Gasteiger partial charge in [-0.25, -0.2) is 4.48 Å². The van der Waals surface area contributed by atoms with Gasteiger partial charge in [0.1, 0.15) is 5.69 Å². The Morgan fingerprint density at radius 2 is 1.95 bits per heavy atom. The fraction of sp³-hybridized carbons (Fsp3) is 0.235. The van der Waals surface area contributed by atoms with Crippen LogP contribution in [0.2, 0.25) is 0 Å². The molecule has 1 unspecified atom stereocenters. The van der Waals surface area contributed by atoms with Gasteiger partial charge < -0.3 is 5.73 Å². The minimum Gasteiger partial charge on any atom is -0.354 e. The van der Waals surface area contributed by atoms with Crippen molar-refractivity contribution < 1.29 is 0 Å². The molecule has 0 bridgehead atoms. The summed E-state index contributed by atoms with van der Waals surface area (Å²) in [4.78, 5) is 4.22. The van der Waals surface area contributed by atoms with E-state index in [1.807, 2.05) is 12.4 Å². The SMILES string of the molecule is CCC[N+]1(c2ccncc2C)C(N)=Cc2ccccc21. The summed E-state index contributed by atoms with van der Waals surface area (Å²) < 4.78 is 0.626. The lowest BCUT2D eigenvalue weighted by atomic mass is 10.1. The van der Waals surface area contributed by atoms with Crippen molar-refractivity contribution >= 4 is 17.5 Å². The highest BCUT2D eigenvalue weighted by Crippen LogP contribution is 2.46. The van der Waals surface area contributed by atoms with Crippen LogP contribution < -0.4 is 10.2 Å². The highest BCUT2D eigenvalue weighted by atomic mass is 15.4. The van der Waals surface area contributed by atoms with Gasteiger partial charge >= 0.3 is 0 Å². The molecular weight excluding hydrogens is 246 g/mol. The highest BCUT2D eigenvalue weighted by molar-refractivity contribution is 5.82. The van der Waals surface area contributed by atoms with Crippen LogP contribution in [-0.4, -0.2) is 11.5 Å². The Morgan fingerprint density at radius 3 is 2.70 bits per heavy atom. The summed E-state index contributed by atoms with van der Waals surface area (Å²) in [7, 11) is 0. The van der Waals surface area contributed by atoms with Crippen LogP contribution in [-0.2, 0) is 0 Å². The zero-order chi connectivity index (χ0) is 14.2. The molecule has 2 aromatic rings. The third kappa shape index (κ3) is 1.67. The molecule has 0 aliphatic carbocycles. The summed E-state index contributed by atoms with van der Waals surface area (Å²) >= 11 is 0. The molecular formula is C17H20N3+. The second-order valence-corrected chi connectivity index (χ2v) is 5.32. The van der Waals surface area contributed by atoms with Crippen LogP contribution in [0, 0.1) is 6.92 Å². The number of nitrogens with zero attached hydrogens (tertiary/aromatic N) is 2. The molecule has 1 aromatic carbocycles. The van der Waals surface area contributed by atoms with Crippen molar-refractivity contribution in [2.24, 2.45) is 5.73 Å². The Balaban J connectivity index is 2.30. The van der Waals surface area contributed by atoms with Gasteiger partial charge in [0.2, 0.25) is 5.82 Å². The molecule has 0 saturated carbocycles. The smallest absolute Gasteiger partial charge is 0.209 e. The fourth-order valence-corrected chi connectivity index (χ4v) is 3.23. The molecule has 0 saturated heterocycles. The number of pyridine rings is 1. The molecule has 3 nitrogen and oxygen atoms in total. The fourth-order valence-electron chi connectivity index (χ4n) is 3.23. The molecule has 3 rings (SSSR count). The summed E-state index contributed by atoms with van der Waals surface area (Å²) in [6, 6.07) is 10.6. The maximum absolute atomic E-state index is 6.46. The van der Waals surface area contributed by atoms with Gasteiger partial charge in [0.25, 0.3) is 0 Å². The van der Waals surface area contributed by atoms with Crippen LogP contribution in [0.4, 0.5) is 11.4 Å². The molecule has 0 amide bonds. The van der Waals surface area contributed by atoms with Crippen LogP contribution in [0.15, 0.2) is 48.5 Å². The number of hydrogen-bond acceptors (Lipinski definition) is 2. The Bertz CT molecular complexity index is 675. The van der Waals surface area contributed by atoms with E-state index in [2.05, 4.69) is 55.2 Å². The Morgan fingerprint density at radius 1 is 1.15 bits per heavy atom. The van der Waals surface area contributed by atoms with Crippen molar-refractivity contribution in [3.8, 4) is 0 Å². The van der Waals surface area contributed by atoms with Gasteiger partial charge in [-0.2, -0.15) is 0 Å². The molecule has 1 aliphatic rings. The lowest BCUT2D eigenvalue weighted by Gasteiger charge is -2.35. The molecule has 0 spiro atoms. The van der Waals surface area contributed by atoms with Crippen molar-refractivity contribution in [1.29, 1.82) is 0 Å². The van der Waals surface area contributed by atoms with E-state index < -0.39 is 0 Å². The molecule has 0 radical (unpaired) electrons. The largest absolute Gasteiger partial charge is 0.354 e. The van der Waals surface area contributed by atoms with E-state index in [-0.39, 0.29) is 0 Å². The van der Waals surface area contributed by atoms with Gasteiger partial charge in [-0.15, -0.1) is 0 Å². The predicted molar refractivity (Wildman–Crippen MR) is 84.2 cm³/mol. The number of para-hydroxylation sites is 1. The first-order valence-electron chi connectivity index (χ1n) is 7.06. The minimum atomic E-state index is 0.626. The number of rotatable bonds is 3. The maximum atomic E-state index is 6.46.